The number of rotatable bonds is 4. The molecule has 5 heterocycles. The first-order chi connectivity index (χ1) is 16.2. The van der Waals surface area contributed by atoms with Crippen molar-refractivity contribution in [3.05, 3.63) is 31.1 Å². The van der Waals surface area contributed by atoms with E-state index in [1.807, 2.05) is 30.3 Å². The summed E-state index contributed by atoms with van der Waals surface area (Å²) in [7, 11) is 1.99. The summed E-state index contributed by atoms with van der Waals surface area (Å²) in [5, 5.41) is 11.6. The number of anilines is 3. The van der Waals surface area contributed by atoms with Gasteiger partial charge >= 0.3 is 0 Å². The Bertz CT molecular complexity index is 1240. The zero-order chi connectivity index (χ0) is 22.4. The van der Waals surface area contributed by atoms with Gasteiger partial charge in [-0.1, -0.05) is 5.21 Å². The molecule has 0 aliphatic carbocycles. The lowest BCUT2D eigenvalue weighted by Crippen LogP contribution is -2.45. The minimum Gasteiger partial charge on any atom is -0.395 e. The van der Waals surface area contributed by atoms with Gasteiger partial charge in [-0.2, -0.15) is 4.68 Å². The van der Waals surface area contributed by atoms with Crippen molar-refractivity contribution in [3.63, 3.8) is 0 Å². The highest BCUT2D eigenvalue weighted by Crippen LogP contribution is 2.47. The minimum atomic E-state index is 0.678. The molecular formula is C22H29N11. The Morgan fingerprint density at radius 3 is 2.39 bits per heavy atom. The molecule has 11 heteroatoms. The number of imidazole rings is 2. The molecule has 3 N–H and O–H groups in total. The number of hydrogen-bond donors (Lipinski definition) is 2. The first-order valence-corrected chi connectivity index (χ1v) is 11.6. The summed E-state index contributed by atoms with van der Waals surface area (Å²) < 4.78 is 5.78. The van der Waals surface area contributed by atoms with Gasteiger partial charge in [-0.3, -0.25) is 0 Å². The van der Waals surface area contributed by atoms with Crippen LogP contribution in [0.2, 0.25) is 0 Å². The Kier molecular flexibility index (Phi) is 4.90. The second-order valence-electron chi connectivity index (χ2n) is 8.73. The van der Waals surface area contributed by atoms with Gasteiger partial charge in [0.15, 0.2) is 0 Å². The molecule has 0 bridgehead atoms. The molecule has 2 aliphatic rings. The molecule has 4 aromatic rings. The van der Waals surface area contributed by atoms with Crippen molar-refractivity contribution in [2.45, 2.75) is 19.3 Å². The van der Waals surface area contributed by atoms with Crippen LogP contribution < -0.4 is 20.9 Å². The Morgan fingerprint density at radius 2 is 1.70 bits per heavy atom. The van der Waals surface area contributed by atoms with E-state index in [0.29, 0.717) is 5.95 Å². The molecule has 11 nitrogen and oxygen atoms in total. The van der Waals surface area contributed by atoms with E-state index in [2.05, 4.69) is 35.0 Å². The van der Waals surface area contributed by atoms with Gasteiger partial charge in [0.25, 0.3) is 0 Å². The lowest BCUT2D eigenvalue weighted by molar-refractivity contribution is 0.570. The largest absolute Gasteiger partial charge is 0.395 e. The van der Waals surface area contributed by atoms with Crippen molar-refractivity contribution >= 4 is 28.1 Å². The van der Waals surface area contributed by atoms with Crippen molar-refractivity contribution in [1.82, 2.24) is 39.4 Å². The maximum Gasteiger partial charge on any atom is 0.233 e. The molecule has 0 spiro atoms. The second-order valence-corrected chi connectivity index (χ2v) is 8.73. The van der Waals surface area contributed by atoms with E-state index in [9.17, 15) is 0 Å². The molecular weight excluding hydrogens is 418 g/mol. The average molecular weight is 448 g/mol. The fraction of sp³-hybridized carbons (Fsp3) is 0.455. The molecule has 0 amide bonds. The number of nitrogens with two attached hydrogens (primary N) is 1. The molecule has 6 rings (SSSR count). The quantitative estimate of drug-likeness (QED) is 0.451. The lowest BCUT2D eigenvalue weighted by Gasteiger charge is -2.38. The summed E-state index contributed by atoms with van der Waals surface area (Å²) in [4.78, 5) is 14.3. The molecule has 1 aromatic carbocycles. The Labute approximate surface area is 191 Å². The smallest absolute Gasteiger partial charge is 0.233 e. The summed E-state index contributed by atoms with van der Waals surface area (Å²) in [5.41, 5.74) is 12.8. The van der Waals surface area contributed by atoms with E-state index in [1.54, 1.807) is 17.1 Å². The highest BCUT2D eigenvalue weighted by atomic mass is 15.5. The Hall–Kier alpha value is -3.60. The van der Waals surface area contributed by atoms with Crippen LogP contribution in [0.1, 0.15) is 19.3 Å². The predicted octanol–water partition coefficient (Wildman–Crippen LogP) is 1.32. The first kappa shape index (κ1) is 20.0. The summed E-state index contributed by atoms with van der Waals surface area (Å²) in [5.74, 6) is 0.678. The number of hydrogen-bond acceptors (Lipinski definition) is 8. The van der Waals surface area contributed by atoms with Gasteiger partial charge in [0.1, 0.15) is 11.2 Å². The normalized spacial score (nSPS) is 17.2. The van der Waals surface area contributed by atoms with Crippen LogP contribution in [0, 0.1) is 0 Å². The van der Waals surface area contributed by atoms with Crippen molar-refractivity contribution in [2.24, 2.45) is 7.05 Å². The highest BCUT2D eigenvalue weighted by molar-refractivity contribution is 6.09. The van der Waals surface area contributed by atoms with Crippen molar-refractivity contribution in [3.8, 4) is 11.6 Å². The third kappa shape index (κ3) is 3.22. The average Bonchev–Trinajstić information content (AvgIpc) is 3.62. The summed E-state index contributed by atoms with van der Waals surface area (Å²) in [6, 6.07) is 0. The first-order valence-electron chi connectivity index (χ1n) is 11.6. The number of fused-ring (bicyclic) bond motifs is 1. The maximum atomic E-state index is 7.03. The molecule has 3 aromatic heterocycles. The van der Waals surface area contributed by atoms with Gasteiger partial charge in [0.2, 0.25) is 5.95 Å². The SMILES string of the molecule is Cn1c(-n2ccnn2)nc2c(-n3ccnc3)c(N3CCCCC3)c(N3CCNCC3)c(N)c21. The van der Waals surface area contributed by atoms with Crippen LogP contribution in [0.5, 0.6) is 0 Å². The van der Waals surface area contributed by atoms with Gasteiger partial charge in [0, 0.05) is 58.7 Å². The number of nitrogen functional groups attached to an aromatic ring is 1. The van der Waals surface area contributed by atoms with Crippen LogP contribution in [0.15, 0.2) is 31.1 Å². The lowest BCUT2D eigenvalue weighted by atomic mass is 10.0. The van der Waals surface area contributed by atoms with Gasteiger partial charge in [-0.25, -0.2) is 9.97 Å². The molecule has 2 aliphatic heterocycles. The molecule has 0 radical (unpaired) electrons. The maximum absolute atomic E-state index is 7.03. The number of aryl methyl sites for hydroxylation is 1. The fourth-order valence-electron chi connectivity index (χ4n) is 5.21. The summed E-state index contributed by atoms with van der Waals surface area (Å²) in [6.07, 6.45) is 12.7. The van der Waals surface area contributed by atoms with E-state index in [1.165, 1.54) is 19.3 Å². The molecule has 2 fully saturated rings. The summed E-state index contributed by atoms with van der Waals surface area (Å²) >= 11 is 0. The fourth-order valence-corrected chi connectivity index (χ4v) is 5.21. The number of piperazine rings is 1. The van der Waals surface area contributed by atoms with Crippen molar-refractivity contribution < 1.29 is 0 Å². The van der Waals surface area contributed by atoms with Crippen molar-refractivity contribution in [1.29, 1.82) is 0 Å². The molecule has 2 saturated heterocycles. The third-order valence-electron chi connectivity index (χ3n) is 6.75. The monoisotopic (exact) mass is 447 g/mol. The van der Waals surface area contributed by atoms with E-state index >= 15 is 0 Å². The summed E-state index contributed by atoms with van der Waals surface area (Å²) in [6.45, 7) is 5.71. The molecule has 0 atom stereocenters. The standard InChI is InChI=1S/C22H29N11/c1-29-18-16(23)19(31-11-5-24-6-12-31)21(30-9-3-2-4-10-30)20(32-13-7-25-15-32)17(18)27-22(29)33-14-8-26-28-33/h7-8,13-15,24H,2-6,9-12,23H2,1H3. The van der Waals surface area contributed by atoms with Crippen LogP contribution in [0.3, 0.4) is 0 Å². The zero-order valence-electron chi connectivity index (χ0n) is 18.9. The van der Waals surface area contributed by atoms with Crippen LogP contribution >= 0.6 is 0 Å². The van der Waals surface area contributed by atoms with Crippen LogP contribution in [-0.4, -0.2) is 73.4 Å². The Morgan fingerprint density at radius 1 is 0.909 bits per heavy atom. The van der Waals surface area contributed by atoms with Crippen molar-refractivity contribution in [2.75, 3.05) is 54.8 Å². The predicted molar refractivity (Wildman–Crippen MR) is 128 cm³/mol. The third-order valence-corrected chi connectivity index (χ3v) is 6.75. The molecule has 33 heavy (non-hydrogen) atoms. The number of piperidine rings is 1. The molecule has 172 valence electrons. The van der Waals surface area contributed by atoms with Crippen LogP contribution in [-0.2, 0) is 7.05 Å². The minimum absolute atomic E-state index is 0.678. The van der Waals surface area contributed by atoms with Gasteiger partial charge < -0.3 is 30.0 Å². The second kappa shape index (κ2) is 8.07. The van der Waals surface area contributed by atoms with E-state index in [-0.39, 0.29) is 0 Å². The highest BCUT2D eigenvalue weighted by Gasteiger charge is 2.31. The zero-order valence-corrected chi connectivity index (χ0v) is 18.9. The topological polar surface area (TPSA) is 111 Å². The van der Waals surface area contributed by atoms with E-state index < -0.39 is 0 Å². The Balaban J connectivity index is 1.71. The number of nitrogens with zero attached hydrogens (tertiary/aromatic N) is 9. The molecule has 0 unspecified atom stereocenters. The number of aromatic nitrogens is 7. The van der Waals surface area contributed by atoms with E-state index in [0.717, 1.165) is 73.1 Å². The van der Waals surface area contributed by atoms with Crippen LogP contribution in [0.4, 0.5) is 17.1 Å². The number of benzene rings is 1. The van der Waals surface area contributed by atoms with Gasteiger partial charge in [-0.05, 0) is 19.3 Å². The number of nitrogens with one attached hydrogen (secondary N) is 1. The van der Waals surface area contributed by atoms with Crippen LogP contribution in [0.25, 0.3) is 22.7 Å². The van der Waals surface area contributed by atoms with Gasteiger partial charge in [0.05, 0.1) is 41.3 Å². The van der Waals surface area contributed by atoms with Gasteiger partial charge in [-0.15, -0.1) is 5.10 Å². The molecule has 0 saturated carbocycles. The van der Waals surface area contributed by atoms with E-state index in [4.69, 9.17) is 10.7 Å².